The maximum Gasteiger partial charge on any atom is 0.435 e. The molecular weight excluding hydrogens is 355 g/mol. The van der Waals surface area contributed by atoms with E-state index in [1.807, 2.05) is 7.05 Å². The number of nitrogens with zero attached hydrogens (tertiary/aromatic N) is 5. The van der Waals surface area contributed by atoms with Crippen molar-refractivity contribution in [3.05, 3.63) is 47.8 Å². The van der Waals surface area contributed by atoms with Crippen LogP contribution in [-0.4, -0.2) is 52.7 Å². The van der Waals surface area contributed by atoms with Crippen molar-refractivity contribution < 1.29 is 13.2 Å². The molecule has 1 aliphatic heterocycles. The smallest absolute Gasteiger partial charge is 0.354 e. The molecule has 0 saturated carbocycles. The average molecular weight is 375 g/mol. The van der Waals surface area contributed by atoms with Gasteiger partial charge in [-0.05, 0) is 19.5 Å². The molecule has 27 heavy (non-hydrogen) atoms. The third-order valence-electron chi connectivity index (χ3n) is 4.86. The number of anilines is 1. The van der Waals surface area contributed by atoms with Crippen molar-refractivity contribution in [3.63, 3.8) is 0 Å². The second kappa shape index (κ2) is 6.53. The highest BCUT2D eigenvalue weighted by atomic mass is 19.4. The van der Waals surface area contributed by atoms with Gasteiger partial charge in [0.2, 0.25) is 0 Å². The average Bonchev–Trinajstić information content (AvgIpc) is 3.02. The van der Waals surface area contributed by atoms with Gasteiger partial charge in [0.05, 0.1) is 5.56 Å². The van der Waals surface area contributed by atoms with Gasteiger partial charge in [-0.1, -0.05) is 30.3 Å². The van der Waals surface area contributed by atoms with Crippen molar-refractivity contribution in [1.29, 1.82) is 0 Å². The van der Waals surface area contributed by atoms with E-state index in [2.05, 4.69) is 19.9 Å². The molecule has 1 aromatic carbocycles. The number of likely N-dealkylation sites (N-methyl/N-ethyl adjacent to an activating group) is 1. The van der Waals surface area contributed by atoms with Gasteiger partial charge in [0, 0.05) is 37.9 Å². The monoisotopic (exact) mass is 375 g/mol. The van der Waals surface area contributed by atoms with Gasteiger partial charge in [-0.25, -0.2) is 4.98 Å². The van der Waals surface area contributed by atoms with E-state index < -0.39 is 11.9 Å². The molecule has 0 unspecified atom stereocenters. The molecule has 0 radical (unpaired) electrons. The van der Waals surface area contributed by atoms with Crippen LogP contribution in [0.4, 0.5) is 19.0 Å². The maximum absolute atomic E-state index is 13.8. The van der Waals surface area contributed by atoms with Crippen molar-refractivity contribution in [2.75, 3.05) is 38.1 Å². The first-order valence-corrected chi connectivity index (χ1v) is 8.81. The summed E-state index contributed by atoms with van der Waals surface area (Å²) in [5.41, 5.74) is 0.497. The van der Waals surface area contributed by atoms with Gasteiger partial charge in [-0.3, -0.25) is 0 Å². The van der Waals surface area contributed by atoms with Crippen molar-refractivity contribution >= 4 is 11.5 Å². The Morgan fingerprint density at radius 1 is 1.00 bits per heavy atom. The number of fused-ring (bicyclic) bond motifs is 1. The van der Waals surface area contributed by atoms with Crippen molar-refractivity contribution in [2.45, 2.75) is 13.1 Å². The molecule has 1 fully saturated rings. The van der Waals surface area contributed by atoms with E-state index in [9.17, 15) is 13.2 Å². The third-order valence-corrected chi connectivity index (χ3v) is 4.86. The fourth-order valence-electron chi connectivity index (χ4n) is 3.45. The van der Waals surface area contributed by atoms with Crippen LogP contribution < -0.4 is 4.90 Å². The van der Waals surface area contributed by atoms with Gasteiger partial charge in [0.25, 0.3) is 0 Å². The first-order valence-electron chi connectivity index (χ1n) is 8.81. The molecule has 4 rings (SSSR count). The molecule has 1 aliphatic rings. The predicted octanol–water partition coefficient (Wildman–Crippen LogP) is 3.48. The minimum atomic E-state index is -4.56. The summed E-state index contributed by atoms with van der Waals surface area (Å²) in [4.78, 5) is 8.69. The lowest BCUT2D eigenvalue weighted by atomic mass is 10.1. The minimum absolute atomic E-state index is 0.0298. The fraction of sp³-hybridized carbons (Fsp3) is 0.368. The molecule has 0 spiro atoms. The Morgan fingerprint density at radius 2 is 1.67 bits per heavy atom. The lowest BCUT2D eigenvalue weighted by Crippen LogP contribution is -2.45. The summed E-state index contributed by atoms with van der Waals surface area (Å²) in [6, 6.07) is 10.3. The summed E-state index contributed by atoms with van der Waals surface area (Å²) in [6.45, 7) is 4.96. The summed E-state index contributed by atoms with van der Waals surface area (Å²) in [5.74, 6) is 0.651. The molecule has 0 bridgehead atoms. The summed E-state index contributed by atoms with van der Waals surface area (Å²) in [6.07, 6.45) is -4.56. The van der Waals surface area contributed by atoms with Gasteiger partial charge in [0.15, 0.2) is 11.3 Å². The van der Waals surface area contributed by atoms with Gasteiger partial charge in [-0.2, -0.15) is 22.8 Å². The third kappa shape index (κ3) is 3.25. The standard InChI is InChI=1S/C19H20F3N5/c1-13-12-15(26-10-8-25(2)9-11-26)27-18(23-13)16(14-6-4-3-5-7-14)17(24-27)19(20,21)22/h3-7,12H,8-11H2,1-2H3. The molecule has 0 atom stereocenters. The molecule has 5 nitrogen and oxygen atoms in total. The summed E-state index contributed by atoms with van der Waals surface area (Å²) < 4.78 is 42.7. The lowest BCUT2D eigenvalue weighted by Gasteiger charge is -2.34. The van der Waals surface area contributed by atoms with Crippen LogP contribution in [0.5, 0.6) is 0 Å². The Morgan fingerprint density at radius 3 is 2.30 bits per heavy atom. The van der Waals surface area contributed by atoms with E-state index in [1.54, 1.807) is 43.3 Å². The van der Waals surface area contributed by atoms with E-state index in [-0.39, 0.29) is 11.2 Å². The number of piperazine rings is 1. The molecule has 1 saturated heterocycles. The lowest BCUT2D eigenvalue weighted by molar-refractivity contribution is -0.140. The van der Waals surface area contributed by atoms with E-state index >= 15 is 0 Å². The molecule has 3 aromatic rings. The van der Waals surface area contributed by atoms with E-state index in [0.29, 0.717) is 17.1 Å². The number of halogens is 3. The molecule has 2 aromatic heterocycles. The van der Waals surface area contributed by atoms with Crippen LogP contribution in [0.25, 0.3) is 16.8 Å². The van der Waals surface area contributed by atoms with Crippen LogP contribution in [-0.2, 0) is 6.18 Å². The number of aromatic nitrogens is 3. The highest BCUT2D eigenvalue weighted by Gasteiger charge is 2.39. The molecule has 0 N–H and O–H groups in total. The van der Waals surface area contributed by atoms with Crippen LogP contribution in [0.3, 0.4) is 0 Å². The van der Waals surface area contributed by atoms with E-state index in [4.69, 9.17) is 0 Å². The van der Waals surface area contributed by atoms with Gasteiger partial charge in [0.1, 0.15) is 5.82 Å². The minimum Gasteiger partial charge on any atom is -0.354 e. The van der Waals surface area contributed by atoms with Crippen LogP contribution in [0, 0.1) is 6.92 Å². The number of rotatable bonds is 2. The Hall–Kier alpha value is -2.61. The van der Waals surface area contributed by atoms with Crippen molar-refractivity contribution in [2.24, 2.45) is 0 Å². The Labute approximate surface area is 155 Å². The van der Waals surface area contributed by atoms with Gasteiger partial charge < -0.3 is 9.80 Å². The molecule has 8 heteroatoms. The summed E-state index contributed by atoms with van der Waals surface area (Å²) >= 11 is 0. The summed E-state index contributed by atoms with van der Waals surface area (Å²) in [5, 5.41) is 3.97. The summed E-state index contributed by atoms with van der Waals surface area (Å²) in [7, 11) is 2.04. The zero-order chi connectivity index (χ0) is 19.2. The topological polar surface area (TPSA) is 36.7 Å². The Bertz CT molecular complexity index is 957. The molecule has 142 valence electrons. The molecule has 0 aliphatic carbocycles. The van der Waals surface area contributed by atoms with E-state index in [1.165, 1.54) is 4.52 Å². The van der Waals surface area contributed by atoms with Crippen molar-refractivity contribution in [3.8, 4) is 11.1 Å². The first kappa shape index (κ1) is 17.8. The zero-order valence-corrected chi connectivity index (χ0v) is 15.2. The Kier molecular flexibility index (Phi) is 4.30. The molecular formula is C19H20F3N5. The number of aryl methyl sites for hydroxylation is 1. The highest BCUT2D eigenvalue weighted by molar-refractivity contribution is 5.81. The molecule has 0 amide bonds. The fourth-order valence-corrected chi connectivity index (χ4v) is 3.45. The largest absolute Gasteiger partial charge is 0.435 e. The maximum atomic E-state index is 13.8. The second-order valence-electron chi connectivity index (χ2n) is 6.87. The van der Waals surface area contributed by atoms with Crippen LogP contribution in [0.1, 0.15) is 11.4 Å². The van der Waals surface area contributed by atoms with Crippen LogP contribution >= 0.6 is 0 Å². The van der Waals surface area contributed by atoms with Crippen molar-refractivity contribution in [1.82, 2.24) is 19.5 Å². The quantitative estimate of drug-likeness (QED) is 0.687. The van der Waals surface area contributed by atoms with Gasteiger partial charge in [-0.15, -0.1) is 0 Å². The van der Waals surface area contributed by atoms with Crippen LogP contribution in [0.15, 0.2) is 36.4 Å². The number of benzene rings is 1. The van der Waals surface area contributed by atoms with E-state index in [0.717, 1.165) is 26.2 Å². The normalized spacial score (nSPS) is 16.3. The predicted molar refractivity (Wildman–Crippen MR) is 97.9 cm³/mol. The Balaban J connectivity index is 1.96. The number of hydrogen-bond acceptors (Lipinski definition) is 4. The SMILES string of the molecule is Cc1cc(N2CCN(C)CC2)n2nc(C(F)(F)F)c(-c3ccccc3)c2n1. The zero-order valence-electron chi connectivity index (χ0n) is 15.2. The number of hydrogen-bond donors (Lipinski definition) is 0. The highest BCUT2D eigenvalue weighted by Crippen LogP contribution is 2.39. The first-order chi connectivity index (χ1) is 12.8. The molecule has 3 heterocycles. The van der Waals surface area contributed by atoms with Gasteiger partial charge >= 0.3 is 6.18 Å². The number of alkyl halides is 3. The second-order valence-corrected chi connectivity index (χ2v) is 6.87. The van der Waals surface area contributed by atoms with Crippen LogP contribution in [0.2, 0.25) is 0 Å².